The Balaban J connectivity index is 1.40. The van der Waals surface area contributed by atoms with Crippen LogP contribution in [0, 0.1) is 11.3 Å². The topological polar surface area (TPSA) is 142 Å². The van der Waals surface area contributed by atoms with Gasteiger partial charge in [-0.05, 0) is 61.9 Å². The molecule has 2 aliphatic heterocycles. The summed E-state index contributed by atoms with van der Waals surface area (Å²) in [7, 11) is 1.51. The zero-order chi connectivity index (χ0) is 32.5. The van der Waals surface area contributed by atoms with E-state index in [9.17, 15) is 19.2 Å². The van der Waals surface area contributed by atoms with Gasteiger partial charge in [-0.3, -0.25) is 19.2 Å². The number of carbonyl (C=O) groups is 4. The van der Waals surface area contributed by atoms with E-state index < -0.39 is 5.41 Å². The molecular weight excluding hydrogens is 594 g/mol. The van der Waals surface area contributed by atoms with Crippen LogP contribution in [0.25, 0.3) is 0 Å². The monoisotopic (exact) mass is 637 g/mol. The molecule has 12 heteroatoms. The van der Waals surface area contributed by atoms with Gasteiger partial charge in [0.25, 0.3) is 11.8 Å². The highest BCUT2D eigenvalue weighted by atomic mass is 16.6. The zero-order valence-corrected chi connectivity index (χ0v) is 26.6. The normalized spacial score (nSPS) is 21.0. The lowest BCUT2D eigenvalue weighted by molar-refractivity contribution is -0.156. The molecule has 248 valence electrons. The average Bonchev–Trinajstić information content (AvgIpc) is 3.88. The predicted octanol–water partition coefficient (Wildman–Crippen LogP) is 2.91. The summed E-state index contributed by atoms with van der Waals surface area (Å²) in [5.74, 6) is 0.805. The predicted molar refractivity (Wildman–Crippen MR) is 167 cm³/mol. The van der Waals surface area contributed by atoms with Gasteiger partial charge in [-0.1, -0.05) is 25.0 Å². The van der Waals surface area contributed by atoms with Gasteiger partial charge in [-0.15, -0.1) is 0 Å². The number of para-hydroxylation sites is 1. The van der Waals surface area contributed by atoms with Gasteiger partial charge < -0.3 is 39.2 Å². The minimum atomic E-state index is -0.988. The van der Waals surface area contributed by atoms with Gasteiger partial charge in [0.2, 0.25) is 5.91 Å². The van der Waals surface area contributed by atoms with Crippen molar-refractivity contribution in [3.63, 3.8) is 0 Å². The number of esters is 1. The van der Waals surface area contributed by atoms with E-state index in [4.69, 9.17) is 23.7 Å². The minimum absolute atomic E-state index is 0.113. The van der Waals surface area contributed by atoms with Gasteiger partial charge in [-0.2, -0.15) is 0 Å². The van der Waals surface area contributed by atoms with Crippen LogP contribution in [0.3, 0.4) is 0 Å². The summed E-state index contributed by atoms with van der Waals surface area (Å²) in [6.07, 6.45) is 3.44. The van der Waals surface area contributed by atoms with E-state index in [1.807, 2.05) is 6.07 Å². The molecule has 2 bridgehead atoms. The Morgan fingerprint density at radius 2 is 1.83 bits per heavy atom. The fraction of sp³-hybridized carbons (Fsp3) is 0.529. The van der Waals surface area contributed by atoms with Crippen molar-refractivity contribution >= 4 is 23.7 Å². The maximum absolute atomic E-state index is 13.7. The molecule has 2 N–H and O–H groups in total. The molecule has 12 nitrogen and oxygen atoms in total. The Hall–Kier alpha value is -4.48. The first-order chi connectivity index (χ1) is 22.3. The number of methoxy groups -OCH3 is 1. The van der Waals surface area contributed by atoms with Gasteiger partial charge in [0.15, 0.2) is 29.6 Å². The standard InChI is InChI=1S/C34H43N3O9/c1-3-43-33(41)34(19-23-9-10-23)20-24-11-12-26(42-2)28(18-24)46-21-30(39)35-13-15-37(14-5-8-29(38)36-22-34)32(40)25-6-4-7-27-31(25)45-17-16-44-27/h4,6-7,11-12,18,23H,3,5,8-10,13-17,19-22H2,1-2H3,(H,35,39)(H,36,38). The molecule has 0 spiro atoms. The van der Waals surface area contributed by atoms with Gasteiger partial charge in [0, 0.05) is 32.6 Å². The van der Waals surface area contributed by atoms with Crippen LogP contribution < -0.4 is 29.6 Å². The zero-order valence-electron chi connectivity index (χ0n) is 26.6. The number of nitrogens with one attached hydrogen (secondary N) is 2. The van der Waals surface area contributed by atoms with Crippen molar-refractivity contribution in [1.29, 1.82) is 0 Å². The Morgan fingerprint density at radius 1 is 1.00 bits per heavy atom. The molecule has 1 unspecified atom stereocenters. The van der Waals surface area contributed by atoms with Crippen LogP contribution in [0.15, 0.2) is 36.4 Å². The van der Waals surface area contributed by atoms with Gasteiger partial charge >= 0.3 is 5.97 Å². The van der Waals surface area contributed by atoms with E-state index in [2.05, 4.69) is 10.6 Å². The summed E-state index contributed by atoms with van der Waals surface area (Å²) in [4.78, 5) is 54.9. The number of hydrogen-bond donors (Lipinski definition) is 2. The molecule has 0 radical (unpaired) electrons. The Morgan fingerprint density at radius 3 is 2.61 bits per heavy atom. The number of rotatable bonds is 6. The summed E-state index contributed by atoms with van der Waals surface area (Å²) in [5, 5.41) is 5.83. The summed E-state index contributed by atoms with van der Waals surface area (Å²) in [6.45, 7) is 3.18. The van der Waals surface area contributed by atoms with Crippen molar-refractivity contribution in [2.75, 3.05) is 59.7 Å². The summed E-state index contributed by atoms with van der Waals surface area (Å²) in [6, 6.07) is 10.5. The molecule has 2 heterocycles. The van der Waals surface area contributed by atoms with Crippen LogP contribution in [0.1, 0.15) is 54.9 Å². The highest BCUT2D eigenvalue weighted by Crippen LogP contribution is 2.43. The lowest BCUT2D eigenvalue weighted by Crippen LogP contribution is -2.46. The molecule has 3 amide bonds. The second-order valence-electron chi connectivity index (χ2n) is 12.0. The molecule has 1 atom stereocenters. The van der Waals surface area contributed by atoms with Crippen molar-refractivity contribution in [1.82, 2.24) is 15.5 Å². The molecule has 0 saturated heterocycles. The molecular formula is C34H43N3O9. The maximum atomic E-state index is 13.7. The molecule has 3 aliphatic rings. The first-order valence-corrected chi connectivity index (χ1v) is 16.0. The molecule has 1 aliphatic carbocycles. The summed E-state index contributed by atoms with van der Waals surface area (Å²) < 4.78 is 28.4. The SMILES string of the molecule is CCOC(=O)C1(CC2CC2)CNC(=O)CCCN(C(=O)c2cccc3c2OCCO3)CCNC(=O)COc2cc(ccc2OC)C1. The van der Waals surface area contributed by atoms with Crippen LogP contribution in [0.4, 0.5) is 0 Å². The highest BCUT2D eigenvalue weighted by molar-refractivity contribution is 5.98. The second kappa shape index (κ2) is 15.2. The van der Waals surface area contributed by atoms with E-state index in [1.54, 1.807) is 42.2 Å². The second-order valence-corrected chi connectivity index (χ2v) is 12.0. The van der Waals surface area contributed by atoms with Gasteiger partial charge in [-0.25, -0.2) is 0 Å². The fourth-order valence-corrected chi connectivity index (χ4v) is 5.97. The van der Waals surface area contributed by atoms with E-state index >= 15 is 0 Å². The van der Waals surface area contributed by atoms with Crippen molar-refractivity contribution in [2.24, 2.45) is 11.3 Å². The lowest BCUT2D eigenvalue weighted by Gasteiger charge is -2.32. The molecule has 1 saturated carbocycles. The molecule has 2 aromatic rings. The molecule has 5 rings (SSSR count). The molecule has 0 aromatic heterocycles. The largest absolute Gasteiger partial charge is 0.493 e. The Labute approximate surface area is 269 Å². The van der Waals surface area contributed by atoms with Crippen LogP contribution in [0.2, 0.25) is 0 Å². The molecule has 46 heavy (non-hydrogen) atoms. The van der Waals surface area contributed by atoms with E-state index in [1.165, 1.54) is 7.11 Å². The third-order valence-electron chi connectivity index (χ3n) is 8.46. The Bertz CT molecular complexity index is 1430. The van der Waals surface area contributed by atoms with Crippen LogP contribution in [0.5, 0.6) is 23.0 Å². The van der Waals surface area contributed by atoms with Crippen molar-refractivity contribution in [3.8, 4) is 23.0 Å². The van der Waals surface area contributed by atoms with E-state index in [0.29, 0.717) is 67.0 Å². The first-order valence-electron chi connectivity index (χ1n) is 16.0. The third kappa shape index (κ3) is 8.21. The van der Waals surface area contributed by atoms with Crippen molar-refractivity contribution in [3.05, 3.63) is 47.5 Å². The lowest BCUT2D eigenvalue weighted by atomic mass is 9.76. The number of fused-ring (bicyclic) bond motifs is 3. The minimum Gasteiger partial charge on any atom is -0.493 e. The van der Waals surface area contributed by atoms with Crippen LogP contribution >= 0.6 is 0 Å². The number of benzene rings is 2. The van der Waals surface area contributed by atoms with Gasteiger partial charge in [0.1, 0.15) is 13.2 Å². The molecule has 2 aromatic carbocycles. The van der Waals surface area contributed by atoms with Crippen LogP contribution in [-0.2, 0) is 25.5 Å². The summed E-state index contributed by atoms with van der Waals surface area (Å²) >= 11 is 0. The van der Waals surface area contributed by atoms with E-state index in [-0.39, 0.29) is 69.5 Å². The average molecular weight is 638 g/mol. The number of nitrogens with zero attached hydrogens (tertiary/aromatic N) is 1. The Kier molecular flexibility index (Phi) is 10.9. The summed E-state index contributed by atoms with van der Waals surface area (Å²) in [5.41, 5.74) is 0.162. The molecule has 1 fully saturated rings. The quantitative estimate of drug-likeness (QED) is 0.458. The number of hydrogen-bond acceptors (Lipinski definition) is 9. The highest BCUT2D eigenvalue weighted by Gasteiger charge is 2.45. The number of amides is 3. The third-order valence-corrected chi connectivity index (χ3v) is 8.46. The van der Waals surface area contributed by atoms with E-state index in [0.717, 1.165) is 18.4 Å². The van der Waals surface area contributed by atoms with Gasteiger partial charge in [0.05, 0.1) is 24.7 Å². The number of carbonyl (C=O) groups excluding carboxylic acids is 4. The smallest absolute Gasteiger partial charge is 0.314 e. The van der Waals surface area contributed by atoms with Crippen LogP contribution in [-0.4, -0.2) is 88.3 Å². The first kappa shape index (κ1) is 32.9. The fourth-order valence-electron chi connectivity index (χ4n) is 5.97. The number of ether oxygens (including phenoxy) is 5. The van der Waals surface area contributed by atoms with Crippen molar-refractivity contribution in [2.45, 2.75) is 45.4 Å². The maximum Gasteiger partial charge on any atom is 0.314 e. The van der Waals surface area contributed by atoms with Crippen molar-refractivity contribution < 1.29 is 42.9 Å².